The lowest BCUT2D eigenvalue weighted by atomic mass is 10.2. The number of carbonyl (C=O) groups is 1. The van der Waals surface area contributed by atoms with Gasteiger partial charge in [-0.1, -0.05) is 29.8 Å². The molecule has 0 atom stereocenters. The first kappa shape index (κ1) is 20.8. The molecule has 31 heavy (non-hydrogen) atoms. The van der Waals surface area contributed by atoms with E-state index >= 15 is 0 Å². The summed E-state index contributed by atoms with van der Waals surface area (Å²) in [6.07, 6.45) is 1.46. The fourth-order valence-corrected chi connectivity index (χ4v) is 3.76. The maximum Gasteiger partial charge on any atom is 0.363 e. The number of esters is 1. The zero-order chi connectivity index (χ0) is 22.0. The first-order valence-corrected chi connectivity index (χ1v) is 10.7. The predicted molar refractivity (Wildman–Crippen MR) is 113 cm³/mol. The van der Waals surface area contributed by atoms with Crippen LogP contribution in [0.15, 0.2) is 88.4 Å². The lowest BCUT2D eigenvalue weighted by Gasteiger charge is -2.07. The number of nitrogens with zero attached hydrogens (tertiary/aromatic N) is 1. The first-order chi connectivity index (χ1) is 14.8. The molecule has 0 radical (unpaired) electrons. The Morgan fingerprint density at radius 2 is 1.71 bits per heavy atom. The molecule has 0 saturated heterocycles. The van der Waals surface area contributed by atoms with E-state index in [0.717, 1.165) is 0 Å². The van der Waals surface area contributed by atoms with Crippen LogP contribution in [0.5, 0.6) is 5.75 Å². The van der Waals surface area contributed by atoms with Crippen molar-refractivity contribution < 1.29 is 26.5 Å². The maximum atomic E-state index is 13.4. The number of aliphatic imine (C=N–C) groups is 1. The highest BCUT2D eigenvalue weighted by molar-refractivity contribution is 7.87. The summed E-state index contributed by atoms with van der Waals surface area (Å²) in [6, 6.07) is 17.1. The maximum absolute atomic E-state index is 13.4. The minimum Gasteiger partial charge on any atom is -0.402 e. The van der Waals surface area contributed by atoms with Crippen LogP contribution in [-0.2, 0) is 19.6 Å². The van der Waals surface area contributed by atoms with Gasteiger partial charge in [0.15, 0.2) is 5.70 Å². The van der Waals surface area contributed by atoms with E-state index in [2.05, 4.69) is 4.99 Å². The molecule has 0 aromatic heterocycles. The third-order valence-electron chi connectivity index (χ3n) is 4.18. The molecule has 0 saturated carbocycles. The summed E-state index contributed by atoms with van der Waals surface area (Å²) >= 11 is 5.77. The third-order valence-corrected chi connectivity index (χ3v) is 5.70. The van der Waals surface area contributed by atoms with Crippen molar-refractivity contribution in [1.29, 1.82) is 0 Å². The molecule has 4 rings (SSSR count). The Morgan fingerprint density at radius 3 is 2.39 bits per heavy atom. The van der Waals surface area contributed by atoms with Crippen LogP contribution in [0.4, 0.5) is 4.39 Å². The topological polar surface area (TPSA) is 82.0 Å². The molecular weight excluding hydrogens is 445 g/mol. The quantitative estimate of drug-likeness (QED) is 0.318. The summed E-state index contributed by atoms with van der Waals surface area (Å²) in [6.45, 7) is 0. The van der Waals surface area contributed by atoms with Gasteiger partial charge in [-0.3, -0.25) is 0 Å². The summed E-state index contributed by atoms with van der Waals surface area (Å²) in [4.78, 5) is 16.1. The average molecular weight is 458 g/mol. The van der Waals surface area contributed by atoms with Crippen LogP contribution in [0.3, 0.4) is 0 Å². The zero-order valence-corrected chi connectivity index (χ0v) is 17.2. The van der Waals surface area contributed by atoms with Crippen LogP contribution in [0.25, 0.3) is 6.08 Å². The molecule has 156 valence electrons. The van der Waals surface area contributed by atoms with E-state index in [1.165, 1.54) is 60.7 Å². The van der Waals surface area contributed by atoms with Crippen molar-refractivity contribution in [1.82, 2.24) is 0 Å². The van der Waals surface area contributed by atoms with Gasteiger partial charge in [-0.25, -0.2) is 14.2 Å². The minimum absolute atomic E-state index is 0.00441. The van der Waals surface area contributed by atoms with E-state index in [1.807, 2.05) is 0 Å². The van der Waals surface area contributed by atoms with Crippen LogP contribution in [0.1, 0.15) is 11.1 Å². The Kier molecular flexibility index (Phi) is 5.58. The highest BCUT2D eigenvalue weighted by Gasteiger charge is 2.24. The standard InChI is InChI=1S/C22H13ClFNO5S/c23-16-6-10-19(11-7-16)31(27,28)30-18-8-4-14(5-9-18)12-20-22(26)29-21(25-20)15-2-1-3-17(24)13-15/h1-13H. The highest BCUT2D eigenvalue weighted by atomic mass is 35.5. The fraction of sp³-hybridized carbons (Fsp3) is 0. The molecule has 3 aromatic carbocycles. The lowest BCUT2D eigenvalue weighted by molar-refractivity contribution is -0.129. The third kappa shape index (κ3) is 4.82. The van der Waals surface area contributed by atoms with Gasteiger partial charge in [-0.2, -0.15) is 8.42 Å². The molecule has 1 heterocycles. The molecule has 0 N–H and O–H groups in total. The smallest absolute Gasteiger partial charge is 0.363 e. The number of rotatable bonds is 5. The largest absolute Gasteiger partial charge is 0.402 e. The summed E-state index contributed by atoms with van der Waals surface area (Å²) in [5, 5.41) is 0.407. The fourth-order valence-electron chi connectivity index (χ4n) is 2.71. The summed E-state index contributed by atoms with van der Waals surface area (Å²) in [7, 11) is -4.02. The molecule has 0 unspecified atom stereocenters. The van der Waals surface area contributed by atoms with Crippen molar-refractivity contribution in [3.8, 4) is 5.75 Å². The van der Waals surface area contributed by atoms with Gasteiger partial charge in [-0.15, -0.1) is 0 Å². The SMILES string of the molecule is O=C1OC(c2cccc(F)c2)=NC1=Cc1ccc(OS(=O)(=O)c2ccc(Cl)cc2)cc1. The van der Waals surface area contributed by atoms with Crippen molar-refractivity contribution in [2.45, 2.75) is 4.90 Å². The number of halogens is 2. The van der Waals surface area contributed by atoms with Crippen LogP contribution >= 0.6 is 11.6 Å². The van der Waals surface area contributed by atoms with E-state index in [-0.39, 0.29) is 22.2 Å². The molecular formula is C22H13ClFNO5S. The molecule has 0 fully saturated rings. The summed E-state index contributed by atoms with van der Waals surface area (Å²) in [5.74, 6) is -1.05. The molecule has 0 aliphatic carbocycles. The van der Waals surface area contributed by atoms with Gasteiger partial charge in [0.05, 0.1) is 0 Å². The Labute approximate surface area is 182 Å². The molecule has 1 aliphatic heterocycles. The second-order valence-electron chi connectivity index (χ2n) is 6.41. The van der Waals surface area contributed by atoms with Crippen LogP contribution in [0, 0.1) is 5.82 Å². The number of hydrogen-bond acceptors (Lipinski definition) is 6. The van der Waals surface area contributed by atoms with Gasteiger partial charge in [-0.05, 0) is 66.2 Å². The molecule has 3 aromatic rings. The van der Waals surface area contributed by atoms with E-state index in [9.17, 15) is 17.6 Å². The average Bonchev–Trinajstić information content (AvgIpc) is 3.10. The van der Waals surface area contributed by atoms with Gasteiger partial charge in [0.2, 0.25) is 5.90 Å². The second kappa shape index (κ2) is 8.33. The molecule has 9 heteroatoms. The Hall–Kier alpha value is -3.49. The summed E-state index contributed by atoms with van der Waals surface area (Å²) in [5.41, 5.74) is 0.932. The Bertz CT molecular complexity index is 1320. The molecule has 0 bridgehead atoms. The molecule has 6 nitrogen and oxygen atoms in total. The highest BCUT2D eigenvalue weighted by Crippen LogP contribution is 2.23. The monoisotopic (exact) mass is 457 g/mol. The lowest BCUT2D eigenvalue weighted by Crippen LogP contribution is -2.09. The normalized spacial score (nSPS) is 15.0. The van der Waals surface area contributed by atoms with Crippen molar-refractivity contribution in [2.24, 2.45) is 4.99 Å². The Morgan fingerprint density at radius 1 is 1.00 bits per heavy atom. The number of cyclic esters (lactones) is 1. The predicted octanol–water partition coefficient (Wildman–Crippen LogP) is 4.59. The first-order valence-electron chi connectivity index (χ1n) is 8.89. The summed E-state index contributed by atoms with van der Waals surface area (Å²) < 4.78 is 48.2. The van der Waals surface area contributed by atoms with E-state index in [0.29, 0.717) is 16.1 Å². The second-order valence-corrected chi connectivity index (χ2v) is 8.39. The number of benzene rings is 3. The van der Waals surface area contributed by atoms with E-state index in [4.69, 9.17) is 20.5 Å². The molecule has 0 amide bonds. The number of hydrogen-bond donors (Lipinski definition) is 0. The molecule has 0 spiro atoms. The Balaban J connectivity index is 1.52. The van der Waals surface area contributed by atoms with Crippen molar-refractivity contribution in [3.05, 3.63) is 100 Å². The van der Waals surface area contributed by atoms with Gasteiger partial charge in [0.25, 0.3) is 0 Å². The van der Waals surface area contributed by atoms with Crippen molar-refractivity contribution in [2.75, 3.05) is 0 Å². The van der Waals surface area contributed by atoms with Crippen molar-refractivity contribution >= 4 is 39.7 Å². The van der Waals surface area contributed by atoms with Crippen LogP contribution < -0.4 is 4.18 Å². The zero-order valence-electron chi connectivity index (χ0n) is 15.7. The number of carbonyl (C=O) groups excluding carboxylic acids is 1. The van der Waals surface area contributed by atoms with Crippen LogP contribution in [-0.4, -0.2) is 20.3 Å². The van der Waals surface area contributed by atoms with Crippen molar-refractivity contribution in [3.63, 3.8) is 0 Å². The minimum atomic E-state index is -4.02. The van der Waals surface area contributed by atoms with E-state index in [1.54, 1.807) is 18.2 Å². The van der Waals surface area contributed by atoms with Gasteiger partial charge >= 0.3 is 16.1 Å². The van der Waals surface area contributed by atoms with Gasteiger partial charge < -0.3 is 8.92 Å². The van der Waals surface area contributed by atoms with Gasteiger partial charge in [0.1, 0.15) is 16.5 Å². The molecule has 1 aliphatic rings. The van der Waals surface area contributed by atoms with Crippen LogP contribution in [0.2, 0.25) is 5.02 Å². The number of ether oxygens (including phenoxy) is 1. The van der Waals surface area contributed by atoms with Gasteiger partial charge in [0, 0.05) is 10.6 Å². The van der Waals surface area contributed by atoms with E-state index < -0.39 is 21.9 Å².